The first-order valence-corrected chi connectivity index (χ1v) is 4.36. The van der Waals surface area contributed by atoms with Crippen LogP contribution < -0.4 is 0 Å². The van der Waals surface area contributed by atoms with E-state index in [-0.39, 0.29) is 11.5 Å². The van der Waals surface area contributed by atoms with Crippen LogP contribution in [-0.2, 0) is 9.53 Å². The van der Waals surface area contributed by atoms with Crippen molar-refractivity contribution < 1.29 is 9.53 Å². The summed E-state index contributed by atoms with van der Waals surface area (Å²) >= 11 is 0. The molecule has 0 unspecified atom stereocenters. The lowest BCUT2D eigenvalue weighted by Crippen LogP contribution is -2.57. The highest BCUT2D eigenvalue weighted by atomic mass is 16.5. The first kappa shape index (κ1) is 9.52. The van der Waals surface area contributed by atoms with E-state index in [1.807, 2.05) is 0 Å². The Kier molecular flexibility index (Phi) is 2.42. The molecule has 3 heteroatoms. The number of rotatable bonds is 1. The van der Waals surface area contributed by atoms with Crippen molar-refractivity contribution in [1.82, 2.24) is 4.90 Å². The zero-order chi connectivity index (χ0) is 9.35. The van der Waals surface area contributed by atoms with E-state index in [1.165, 1.54) is 0 Å². The SMILES string of the molecule is CC(C)N1CC(=O)OCC1(C)C. The van der Waals surface area contributed by atoms with Gasteiger partial charge in [0.1, 0.15) is 6.61 Å². The van der Waals surface area contributed by atoms with Crippen molar-refractivity contribution in [2.24, 2.45) is 0 Å². The van der Waals surface area contributed by atoms with E-state index >= 15 is 0 Å². The summed E-state index contributed by atoms with van der Waals surface area (Å²) in [5, 5.41) is 0. The maximum absolute atomic E-state index is 11.0. The molecule has 0 aromatic carbocycles. The summed E-state index contributed by atoms with van der Waals surface area (Å²) in [5.41, 5.74) is -0.0118. The van der Waals surface area contributed by atoms with Crippen LogP contribution in [0.15, 0.2) is 0 Å². The van der Waals surface area contributed by atoms with Gasteiger partial charge in [-0.25, -0.2) is 0 Å². The van der Waals surface area contributed by atoms with Gasteiger partial charge in [-0.1, -0.05) is 0 Å². The Morgan fingerprint density at radius 1 is 1.50 bits per heavy atom. The van der Waals surface area contributed by atoms with E-state index in [2.05, 4.69) is 32.6 Å². The molecule has 0 bridgehead atoms. The summed E-state index contributed by atoms with van der Waals surface area (Å²) in [7, 11) is 0. The van der Waals surface area contributed by atoms with E-state index in [0.29, 0.717) is 19.2 Å². The second-order valence-corrected chi connectivity index (χ2v) is 4.19. The van der Waals surface area contributed by atoms with E-state index in [4.69, 9.17) is 4.74 Å². The van der Waals surface area contributed by atoms with Gasteiger partial charge in [0, 0.05) is 6.04 Å². The largest absolute Gasteiger partial charge is 0.463 e. The maximum Gasteiger partial charge on any atom is 0.320 e. The Bertz CT molecular complexity index is 187. The van der Waals surface area contributed by atoms with Crippen molar-refractivity contribution in [2.45, 2.75) is 39.3 Å². The summed E-state index contributed by atoms with van der Waals surface area (Å²) in [4.78, 5) is 13.2. The Labute approximate surface area is 73.7 Å². The highest BCUT2D eigenvalue weighted by Gasteiger charge is 2.35. The molecule has 1 saturated heterocycles. The number of hydrogen-bond donors (Lipinski definition) is 0. The molecule has 1 aliphatic rings. The van der Waals surface area contributed by atoms with Crippen LogP contribution in [-0.4, -0.2) is 35.6 Å². The number of ether oxygens (including phenoxy) is 1. The van der Waals surface area contributed by atoms with Crippen molar-refractivity contribution in [3.8, 4) is 0 Å². The van der Waals surface area contributed by atoms with Crippen LogP contribution in [0.3, 0.4) is 0 Å². The summed E-state index contributed by atoms with van der Waals surface area (Å²) in [6, 6.07) is 0.396. The molecule has 0 aromatic rings. The predicted molar refractivity (Wildman–Crippen MR) is 46.9 cm³/mol. The van der Waals surface area contributed by atoms with Crippen molar-refractivity contribution in [3.63, 3.8) is 0 Å². The molecule has 0 radical (unpaired) electrons. The van der Waals surface area contributed by atoms with Crippen LogP contribution in [0.1, 0.15) is 27.7 Å². The molecule has 0 amide bonds. The molecule has 12 heavy (non-hydrogen) atoms. The lowest BCUT2D eigenvalue weighted by Gasteiger charge is -2.43. The Hall–Kier alpha value is -0.570. The average Bonchev–Trinajstić information content (AvgIpc) is 1.94. The molecule has 1 aliphatic heterocycles. The molecule has 0 aliphatic carbocycles. The standard InChI is InChI=1S/C9H17NO2/c1-7(2)10-5-8(11)12-6-9(10,3)4/h7H,5-6H2,1-4H3. The van der Waals surface area contributed by atoms with Gasteiger partial charge in [-0.2, -0.15) is 0 Å². The zero-order valence-corrected chi connectivity index (χ0v) is 8.26. The van der Waals surface area contributed by atoms with Crippen molar-refractivity contribution in [1.29, 1.82) is 0 Å². The second kappa shape index (κ2) is 3.05. The smallest absolute Gasteiger partial charge is 0.320 e. The van der Waals surface area contributed by atoms with Gasteiger partial charge in [-0.15, -0.1) is 0 Å². The van der Waals surface area contributed by atoms with Gasteiger partial charge in [0.25, 0.3) is 0 Å². The van der Waals surface area contributed by atoms with Crippen LogP contribution in [0, 0.1) is 0 Å². The molecular formula is C9H17NO2. The monoisotopic (exact) mass is 171 g/mol. The number of cyclic esters (lactones) is 1. The molecule has 0 aromatic heterocycles. The third-order valence-electron chi connectivity index (χ3n) is 2.29. The van der Waals surface area contributed by atoms with Crippen molar-refractivity contribution in [2.75, 3.05) is 13.2 Å². The number of morpholine rings is 1. The first-order chi connectivity index (χ1) is 5.43. The van der Waals surface area contributed by atoms with Crippen LogP contribution >= 0.6 is 0 Å². The van der Waals surface area contributed by atoms with Crippen molar-refractivity contribution >= 4 is 5.97 Å². The molecule has 0 spiro atoms. The summed E-state index contributed by atoms with van der Waals surface area (Å²) in [5.74, 6) is -0.108. The first-order valence-electron chi connectivity index (χ1n) is 4.36. The summed E-state index contributed by atoms with van der Waals surface area (Å²) in [6.07, 6.45) is 0. The summed E-state index contributed by atoms with van der Waals surface area (Å²) in [6.45, 7) is 9.31. The van der Waals surface area contributed by atoms with Crippen LogP contribution in [0.4, 0.5) is 0 Å². The highest BCUT2D eigenvalue weighted by Crippen LogP contribution is 2.21. The lowest BCUT2D eigenvalue weighted by molar-refractivity contribution is -0.162. The Morgan fingerprint density at radius 2 is 2.08 bits per heavy atom. The quantitative estimate of drug-likeness (QED) is 0.552. The number of carbonyl (C=O) groups excluding carboxylic acids is 1. The predicted octanol–water partition coefficient (Wildman–Crippen LogP) is 1.03. The fourth-order valence-corrected chi connectivity index (χ4v) is 1.62. The van der Waals surface area contributed by atoms with Gasteiger partial charge < -0.3 is 4.74 Å². The zero-order valence-electron chi connectivity index (χ0n) is 8.26. The van der Waals surface area contributed by atoms with E-state index in [9.17, 15) is 4.79 Å². The van der Waals surface area contributed by atoms with Gasteiger partial charge in [-0.05, 0) is 27.7 Å². The number of esters is 1. The minimum atomic E-state index is -0.108. The molecule has 70 valence electrons. The van der Waals surface area contributed by atoms with E-state index < -0.39 is 0 Å². The van der Waals surface area contributed by atoms with Gasteiger partial charge in [0.2, 0.25) is 0 Å². The second-order valence-electron chi connectivity index (χ2n) is 4.19. The van der Waals surface area contributed by atoms with Crippen molar-refractivity contribution in [3.05, 3.63) is 0 Å². The molecule has 0 saturated carbocycles. The number of hydrogen-bond acceptors (Lipinski definition) is 3. The highest BCUT2D eigenvalue weighted by molar-refractivity contribution is 5.72. The minimum absolute atomic E-state index is 0.0118. The van der Waals surface area contributed by atoms with Crippen LogP contribution in [0.2, 0.25) is 0 Å². The maximum atomic E-state index is 11.0. The van der Waals surface area contributed by atoms with Gasteiger partial charge >= 0.3 is 5.97 Å². The normalized spacial score (nSPS) is 24.2. The Balaban J connectivity index is 2.72. The minimum Gasteiger partial charge on any atom is -0.463 e. The van der Waals surface area contributed by atoms with Gasteiger partial charge in [-0.3, -0.25) is 9.69 Å². The Morgan fingerprint density at radius 3 is 2.50 bits per heavy atom. The third kappa shape index (κ3) is 1.78. The van der Waals surface area contributed by atoms with Gasteiger partial charge in [0.05, 0.1) is 12.1 Å². The fraction of sp³-hybridized carbons (Fsp3) is 0.889. The summed E-state index contributed by atoms with van der Waals surface area (Å²) < 4.78 is 4.99. The molecule has 0 N–H and O–H groups in total. The van der Waals surface area contributed by atoms with E-state index in [1.54, 1.807) is 0 Å². The molecular weight excluding hydrogens is 154 g/mol. The van der Waals surface area contributed by atoms with Crippen LogP contribution in [0.25, 0.3) is 0 Å². The molecule has 1 rings (SSSR count). The topological polar surface area (TPSA) is 29.5 Å². The number of nitrogens with zero attached hydrogens (tertiary/aromatic N) is 1. The molecule has 0 atom stereocenters. The van der Waals surface area contributed by atoms with Crippen LogP contribution in [0.5, 0.6) is 0 Å². The molecule has 1 heterocycles. The lowest BCUT2D eigenvalue weighted by atomic mass is 10.0. The average molecular weight is 171 g/mol. The van der Waals surface area contributed by atoms with Gasteiger partial charge in [0.15, 0.2) is 0 Å². The molecule has 1 fully saturated rings. The van der Waals surface area contributed by atoms with E-state index in [0.717, 1.165) is 0 Å². The fourth-order valence-electron chi connectivity index (χ4n) is 1.62. The number of carbonyl (C=O) groups is 1. The molecule has 3 nitrogen and oxygen atoms in total. The third-order valence-corrected chi connectivity index (χ3v) is 2.29.